The number of rotatable bonds is 7. The first kappa shape index (κ1) is 17.6. The maximum absolute atomic E-state index is 10.6. The zero-order valence-electron chi connectivity index (χ0n) is 13.7. The van der Waals surface area contributed by atoms with Crippen LogP contribution in [-0.4, -0.2) is 28.6 Å². The molecule has 0 aliphatic rings. The number of aliphatic hydroxyl groups is 2. The number of nitrogens with two attached hydrogens (primary N) is 1. The molecule has 0 bridgehead atoms. The molecule has 0 saturated heterocycles. The van der Waals surface area contributed by atoms with Crippen molar-refractivity contribution in [2.24, 2.45) is 11.7 Å². The summed E-state index contributed by atoms with van der Waals surface area (Å²) in [5.74, 6) is -0.162. The van der Waals surface area contributed by atoms with Crippen LogP contribution in [0.3, 0.4) is 0 Å². The lowest BCUT2D eigenvalue weighted by atomic mass is 9.93. The molecule has 2 rings (SSSR count). The molecule has 0 radical (unpaired) electrons. The maximum atomic E-state index is 10.6. The number of hydrogen-bond donors (Lipinski definition) is 4. The van der Waals surface area contributed by atoms with E-state index in [9.17, 15) is 10.2 Å². The molecule has 5 N–H and O–H groups in total. The van der Waals surface area contributed by atoms with Gasteiger partial charge in [0.25, 0.3) is 0 Å². The molecule has 2 atom stereocenters. The summed E-state index contributed by atoms with van der Waals surface area (Å²) in [7, 11) is 0. The van der Waals surface area contributed by atoms with E-state index in [4.69, 9.17) is 5.73 Å². The van der Waals surface area contributed by atoms with Crippen LogP contribution in [0.2, 0.25) is 0 Å². The third-order valence-electron chi connectivity index (χ3n) is 4.25. The third-order valence-corrected chi connectivity index (χ3v) is 4.25. The fourth-order valence-corrected chi connectivity index (χ4v) is 2.58. The SMILES string of the molecule is CC(C)C(O)(NCc1ccc(-c2ccccc2)cc1)C(O)CN. The van der Waals surface area contributed by atoms with Crippen molar-refractivity contribution in [3.05, 3.63) is 60.2 Å². The van der Waals surface area contributed by atoms with Crippen molar-refractivity contribution in [1.82, 2.24) is 5.32 Å². The van der Waals surface area contributed by atoms with E-state index in [0.717, 1.165) is 11.1 Å². The minimum absolute atomic E-state index is 0.00856. The van der Waals surface area contributed by atoms with E-state index in [-0.39, 0.29) is 12.5 Å². The molecule has 0 saturated carbocycles. The molecular weight excluding hydrogens is 288 g/mol. The predicted molar refractivity (Wildman–Crippen MR) is 93.6 cm³/mol. The number of nitrogens with one attached hydrogen (secondary N) is 1. The van der Waals surface area contributed by atoms with E-state index in [1.54, 1.807) is 0 Å². The second kappa shape index (κ2) is 7.70. The molecule has 0 heterocycles. The van der Waals surface area contributed by atoms with Crippen LogP contribution in [0.1, 0.15) is 19.4 Å². The molecule has 0 aromatic heterocycles. The molecule has 2 aromatic carbocycles. The Labute approximate surface area is 138 Å². The summed E-state index contributed by atoms with van der Waals surface area (Å²) in [6.45, 7) is 4.17. The number of aliphatic hydroxyl groups excluding tert-OH is 1. The molecule has 4 heteroatoms. The minimum atomic E-state index is -1.40. The highest BCUT2D eigenvalue weighted by Gasteiger charge is 2.37. The lowest BCUT2D eigenvalue weighted by molar-refractivity contribution is -0.126. The van der Waals surface area contributed by atoms with Crippen LogP contribution < -0.4 is 11.1 Å². The Bertz CT molecular complexity index is 599. The molecule has 2 aromatic rings. The van der Waals surface area contributed by atoms with Gasteiger partial charge in [0.15, 0.2) is 0 Å². The third kappa shape index (κ3) is 4.18. The van der Waals surface area contributed by atoms with Crippen molar-refractivity contribution in [1.29, 1.82) is 0 Å². The first-order chi connectivity index (χ1) is 11.0. The van der Waals surface area contributed by atoms with Crippen molar-refractivity contribution in [2.75, 3.05) is 6.54 Å². The molecule has 0 amide bonds. The summed E-state index contributed by atoms with van der Waals surface area (Å²) in [6, 6.07) is 18.3. The lowest BCUT2D eigenvalue weighted by Gasteiger charge is -2.37. The second-order valence-electron chi connectivity index (χ2n) is 6.15. The summed E-state index contributed by atoms with van der Waals surface area (Å²) in [5.41, 5.74) is 7.46. The molecule has 124 valence electrons. The van der Waals surface area contributed by atoms with Crippen molar-refractivity contribution in [2.45, 2.75) is 32.2 Å². The summed E-state index contributed by atoms with van der Waals surface area (Å²) >= 11 is 0. The van der Waals surface area contributed by atoms with E-state index >= 15 is 0 Å². The Morgan fingerprint density at radius 3 is 2.09 bits per heavy atom. The quantitative estimate of drug-likeness (QED) is 0.590. The molecular formula is C19H26N2O2. The van der Waals surface area contributed by atoms with Gasteiger partial charge in [0.2, 0.25) is 0 Å². The molecule has 23 heavy (non-hydrogen) atoms. The average Bonchev–Trinajstić information content (AvgIpc) is 2.60. The Morgan fingerprint density at radius 1 is 1.00 bits per heavy atom. The van der Waals surface area contributed by atoms with Crippen LogP contribution >= 0.6 is 0 Å². The molecule has 0 aliphatic heterocycles. The predicted octanol–water partition coefficient (Wildman–Crippen LogP) is 2.11. The van der Waals surface area contributed by atoms with E-state index < -0.39 is 11.8 Å². The topological polar surface area (TPSA) is 78.5 Å². The Kier molecular flexibility index (Phi) is 5.91. The smallest absolute Gasteiger partial charge is 0.145 e. The summed E-state index contributed by atoms with van der Waals surface area (Å²) in [6.07, 6.45) is -1.01. The first-order valence-electron chi connectivity index (χ1n) is 7.97. The second-order valence-corrected chi connectivity index (χ2v) is 6.15. The molecule has 0 fully saturated rings. The number of benzene rings is 2. The van der Waals surface area contributed by atoms with E-state index in [1.807, 2.05) is 44.2 Å². The standard InChI is InChI=1S/C19H26N2O2/c1-14(2)19(23,18(22)12-20)21-13-15-8-10-17(11-9-15)16-6-4-3-5-7-16/h3-11,14,18,21-23H,12-13,20H2,1-2H3. The van der Waals surface area contributed by atoms with Crippen LogP contribution in [0.5, 0.6) is 0 Å². The first-order valence-corrected chi connectivity index (χ1v) is 7.97. The van der Waals surface area contributed by atoms with E-state index in [1.165, 1.54) is 5.56 Å². The molecule has 4 nitrogen and oxygen atoms in total. The van der Waals surface area contributed by atoms with E-state index in [0.29, 0.717) is 6.54 Å². The van der Waals surface area contributed by atoms with Crippen LogP contribution in [0.25, 0.3) is 11.1 Å². The Balaban J connectivity index is 2.06. The summed E-state index contributed by atoms with van der Waals surface area (Å²) in [4.78, 5) is 0. The Hall–Kier alpha value is -1.72. The fraction of sp³-hybridized carbons (Fsp3) is 0.368. The van der Waals surface area contributed by atoms with Gasteiger partial charge in [-0.05, 0) is 22.6 Å². The van der Waals surface area contributed by atoms with Crippen LogP contribution in [0, 0.1) is 5.92 Å². The van der Waals surface area contributed by atoms with Crippen LogP contribution in [-0.2, 0) is 6.54 Å². The van der Waals surface area contributed by atoms with Gasteiger partial charge in [-0.15, -0.1) is 0 Å². The number of hydrogen-bond acceptors (Lipinski definition) is 4. The van der Waals surface area contributed by atoms with Gasteiger partial charge < -0.3 is 15.9 Å². The molecule has 0 spiro atoms. The fourth-order valence-electron chi connectivity index (χ4n) is 2.58. The molecule has 0 aliphatic carbocycles. The van der Waals surface area contributed by atoms with Gasteiger partial charge >= 0.3 is 0 Å². The van der Waals surface area contributed by atoms with Crippen molar-refractivity contribution in [3.63, 3.8) is 0 Å². The van der Waals surface area contributed by atoms with E-state index in [2.05, 4.69) is 29.6 Å². The van der Waals surface area contributed by atoms with Crippen molar-refractivity contribution in [3.8, 4) is 11.1 Å². The van der Waals surface area contributed by atoms with Crippen molar-refractivity contribution >= 4 is 0 Å². The minimum Gasteiger partial charge on any atom is -0.387 e. The zero-order chi connectivity index (χ0) is 16.9. The van der Waals surface area contributed by atoms with Gasteiger partial charge in [0.05, 0.1) is 0 Å². The van der Waals surface area contributed by atoms with Gasteiger partial charge in [-0.1, -0.05) is 68.4 Å². The van der Waals surface area contributed by atoms with Crippen LogP contribution in [0.15, 0.2) is 54.6 Å². The highest BCUT2D eigenvalue weighted by atomic mass is 16.4. The normalized spacial score (nSPS) is 15.4. The van der Waals surface area contributed by atoms with Gasteiger partial charge in [-0.3, -0.25) is 5.32 Å². The Morgan fingerprint density at radius 2 is 1.57 bits per heavy atom. The van der Waals surface area contributed by atoms with Gasteiger partial charge in [0, 0.05) is 13.1 Å². The highest BCUT2D eigenvalue weighted by Crippen LogP contribution is 2.21. The van der Waals surface area contributed by atoms with Gasteiger partial charge in [0.1, 0.15) is 11.8 Å². The van der Waals surface area contributed by atoms with Gasteiger partial charge in [-0.2, -0.15) is 0 Å². The average molecular weight is 314 g/mol. The summed E-state index contributed by atoms with van der Waals surface area (Å²) in [5, 5.41) is 23.6. The summed E-state index contributed by atoms with van der Waals surface area (Å²) < 4.78 is 0. The largest absolute Gasteiger partial charge is 0.387 e. The van der Waals surface area contributed by atoms with Crippen molar-refractivity contribution < 1.29 is 10.2 Å². The zero-order valence-corrected chi connectivity index (χ0v) is 13.7. The monoisotopic (exact) mass is 314 g/mol. The molecule has 2 unspecified atom stereocenters. The maximum Gasteiger partial charge on any atom is 0.145 e. The van der Waals surface area contributed by atoms with Crippen LogP contribution in [0.4, 0.5) is 0 Å². The lowest BCUT2D eigenvalue weighted by Crippen LogP contribution is -2.60. The van der Waals surface area contributed by atoms with Gasteiger partial charge in [-0.25, -0.2) is 0 Å². The highest BCUT2D eigenvalue weighted by molar-refractivity contribution is 5.63.